The first kappa shape index (κ1) is 19.2. The highest BCUT2D eigenvalue weighted by Crippen LogP contribution is 2.25. The highest BCUT2D eigenvalue weighted by atomic mass is 35.5. The van der Waals surface area contributed by atoms with Crippen LogP contribution in [0.2, 0.25) is 10.0 Å². The third kappa shape index (κ3) is 4.99. The van der Waals surface area contributed by atoms with Crippen LogP contribution in [0.5, 0.6) is 5.75 Å². The maximum atomic E-state index is 12.4. The summed E-state index contributed by atoms with van der Waals surface area (Å²) in [6.07, 6.45) is -0.194. The van der Waals surface area contributed by atoms with Crippen molar-refractivity contribution in [1.82, 2.24) is 15.5 Å². The molecule has 3 rings (SSSR count). The SMILES string of the molecule is CC[C@H](Oc1ccccc1Cl)C(=O)NCc1nc(-c2ccc(Cl)cc2)no1. The number of carbonyl (C=O) groups is 1. The molecule has 0 aliphatic heterocycles. The highest BCUT2D eigenvalue weighted by molar-refractivity contribution is 6.32. The average Bonchev–Trinajstić information content (AvgIpc) is 3.15. The second-order valence-corrected chi connectivity index (χ2v) is 6.53. The molecule has 0 bridgehead atoms. The van der Waals surface area contributed by atoms with Gasteiger partial charge in [0.05, 0.1) is 11.6 Å². The van der Waals surface area contributed by atoms with Crippen molar-refractivity contribution in [3.8, 4) is 17.1 Å². The molecule has 1 N–H and O–H groups in total. The summed E-state index contributed by atoms with van der Waals surface area (Å²) in [7, 11) is 0. The Balaban J connectivity index is 1.59. The van der Waals surface area contributed by atoms with Gasteiger partial charge in [0, 0.05) is 10.6 Å². The number of benzene rings is 2. The van der Waals surface area contributed by atoms with Crippen LogP contribution in [-0.4, -0.2) is 22.2 Å². The fourth-order valence-electron chi connectivity index (χ4n) is 2.34. The number of para-hydroxylation sites is 1. The maximum Gasteiger partial charge on any atom is 0.261 e. The summed E-state index contributed by atoms with van der Waals surface area (Å²) in [6, 6.07) is 14.1. The summed E-state index contributed by atoms with van der Waals surface area (Å²) in [5.74, 6) is 0.892. The molecular formula is C19H17Cl2N3O3. The van der Waals surface area contributed by atoms with Crippen molar-refractivity contribution in [2.24, 2.45) is 0 Å². The predicted octanol–water partition coefficient (Wildman–Crippen LogP) is 4.52. The van der Waals surface area contributed by atoms with Crippen LogP contribution >= 0.6 is 23.2 Å². The zero-order chi connectivity index (χ0) is 19.2. The van der Waals surface area contributed by atoms with Gasteiger partial charge in [0.25, 0.3) is 5.91 Å². The van der Waals surface area contributed by atoms with Crippen LogP contribution in [0.4, 0.5) is 0 Å². The second-order valence-electron chi connectivity index (χ2n) is 5.68. The van der Waals surface area contributed by atoms with E-state index < -0.39 is 6.10 Å². The fourth-order valence-corrected chi connectivity index (χ4v) is 2.64. The minimum Gasteiger partial charge on any atom is -0.479 e. The summed E-state index contributed by atoms with van der Waals surface area (Å²) < 4.78 is 10.9. The molecule has 0 radical (unpaired) electrons. The minimum atomic E-state index is -0.677. The van der Waals surface area contributed by atoms with Gasteiger partial charge >= 0.3 is 0 Å². The van der Waals surface area contributed by atoms with Gasteiger partial charge in [0.15, 0.2) is 6.10 Å². The Morgan fingerprint density at radius 2 is 1.93 bits per heavy atom. The molecule has 3 aromatic rings. The van der Waals surface area contributed by atoms with Crippen molar-refractivity contribution in [2.75, 3.05) is 0 Å². The van der Waals surface area contributed by atoms with Crippen molar-refractivity contribution in [3.63, 3.8) is 0 Å². The van der Waals surface area contributed by atoms with Crippen LogP contribution in [0.1, 0.15) is 19.2 Å². The van der Waals surface area contributed by atoms with Crippen molar-refractivity contribution < 1.29 is 14.1 Å². The van der Waals surface area contributed by atoms with Crippen molar-refractivity contribution >= 4 is 29.1 Å². The van der Waals surface area contributed by atoms with Crippen molar-refractivity contribution in [3.05, 3.63) is 64.5 Å². The van der Waals surface area contributed by atoms with Gasteiger partial charge in [-0.15, -0.1) is 0 Å². The van der Waals surface area contributed by atoms with Crippen molar-refractivity contribution in [1.29, 1.82) is 0 Å². The number of nitrogens with zero attached hydrogens (tertiary/aromatic N) is 2. The molecule has 0 saturated carbocycles. The van der Waals surface area contributed by atoms with Gasteiger partial charge in [0.1, 0.15) is 5.75 Å². The van der Waals surface area contributed by atoms with Crippen LogP contribution in [0.25, 0.3) is 11.4 Å². The molecule has 0 aliphatic carbocycles. The van der Waals surface area contributed by atoms with Crippen LogP contribution in [0, 0.1) is 0 Å². The lowest BCUT2D eigenvalue weighted by atomic mass is 10.2. The number of carbonyl (C=O) groups excluding carboxylic acids is 1. The standard InChI is InChI=1S/C19H17Cl2N3O3/c1-2-15(26-16-6-4-3-5-14(16)21)19(25)22-11-17-23-18(24-27-17)12-7-9-13(20)10-8-12/h3-10,15H,2,11H2,1H3,(H,22,25)/t15-/m0/s1. The highest BCUT2D eigenvalue weighted by Gasteiger charge is 2.20. The largest absolute Gasteiger partial charge is 0.479 e. The van der Waals surface area contributed by atoms with Crippen LogP contribution in [0.3, 0.4) is 0 Å². The van der Waals surface area contributed by atoms with Gasteiger partial charge < -0.3 is 14.6 Å². The topological polar surface area (TPSA) is 77.2 Å². The minimum absolute atomic E-state index is 0.0990. The molecule has 1 aromatic heterocycles. The van der Waals surface area contributed by atoms with E-state index in [1.54, 1.807) is 48.5 Å². The Morgan fingerprint density at radius 3 is 2.63 bits per heavy atom. The number of hydrogen-bond acceptors (Lipinski definition) is 5. The molecule has 1 amide bonds. The van der Waals surface area contributed by atoms with E-state index in [1.807, 2.05) is 6.92 Å². The van der Waals surface area contributed by atoms with E-state index in [0.717, 1.165) is 5.56 Å². The summed E-state index contributed by atoms with van der Waals surface area (Å²) in [5, 5.41) is 7.72. The number of nitrogens with one attached hydrogen (secondary N) is 1. The molecule has 6 nitrogen and oxygen atoms in total. The molecular weight excluding hydrogens is 389 g/mol. The maximum absolute atomic E-state index is 12.4. The monoisotopic (exact) mass is 405 g/mol. The van der Waals surface area contributed by atoms with Crippen molar-refractivity contribution in [2.45, 2.75) is 26.0 Å². The average molecular weight is 406 g/mol. The summed E-state index contributed by atoms with van der Waals surface area (Å²) in [4.78, 5) is 16.7. The lowest BCUT2D eigenvalue weighted by Crippen LogP contribution is -2.37. The fraction of sp³-hybridized carbons (Fsp3) is 0.211. The molecule has 2 aromatic carbocycles. The summed E-state index contributed by atoms with van der Waals surface area (Å²) in [5.41, 5.74) is 0.772. The first-order valence-electron chi connectivity index (χ1n) is 8.34. The summed E-state index contributed by atoms with van der Waals surface area (Å²) >= 11 is 11.9. The molecule has 8 heteroatoms. The molecule has 0 spiro atoms. The Bertz CT molecular complexity index is 913. The van der Waals surface area contributed by atoms with Crippen LogP contribution < -0.4 is 10.1 Å². The summed E-state index contributed by atoms with van der Waals surface area (Å²) in [6.45, 7) is 1.95. The number of halogens is 2. The van der Waals surface area contributed by atoms with Crippen LogP contribution in [-0.2, 0) is 11.3 Å². The number of amides is 1. The normalized spacial score (nSPS) is 11.8. The Kier molecular flexibility index (Phi) is 6.32. The Labute approximate surface area is 166 Å². The van der Waals surface area contributed by atoms with E-state index in [-0.39, 0.29) is 12.5 Å². The zero-order valence-corrected chi connectivity index (χ0v) is 16.0. The quantitative estimate of drug-likeness (QED) is 0.625. The van der Waals surface area contributed by atoms with E-state index in [2.05, 4.69) is 15.5 Å². The second kappa shape index (κ2) is 8.88. The molecule has 0 fully saturated rings. The molecule has 0 aliphatic rings. The lowest BCUT2D eigenvalue weighted by molar-refractivity contribution is -0.128. The smallest absolute Gasteiger partial charge is 0.261 e. The predicted molar refractivity (Wildman–Crippen MR) is 103 cm³/mol. The van der Waals surface area contributed by atoms with Gasteiger partial charge in [-0.3, -0.25) is 4.79 Å². The molecule has 27 heavy (non-hydrogen) atoms. The molecule has 0 unspecified atom stereocenters. The first-order chi connectivity index (χ1) is 13.1. The molecule has 140 valence electrons. The zero-order valence-electron chi connectivity index (χ0n) is 14.5. The van der Waals surface area contributed by atoms with E-state index in [9.17, 15) is 4.79 Å². The van der Waals surface area contributed by atoms with E-state index in [1.165, 1.54) is 0 Å². The molecule has 0 saturated heterocycles. The van der Waals surface area contributed by atoms with Crippen LogP contribution in [0.15, 0.2) is 53.1 Å². The van der Waals surface area contributed by atoms with Gasteiger partial charge in [0.2, 0.25) is 11.7 Å². The molecule has 1 atom stereocenters. The van der Waals surface area contributed by atoms with Gasteiger partial charge in [-0.25, -0.2) is 0 Å². The third-order valence-electron chi connectivity index (χ3n) is 3.75. The van der Waals surface area contributed by atoms with E-state index in [4.69, 9.17) is 32.5 Å². The first-order valence-corrected chi connectivity index (χ1v) is 9.10. The van der Waals surface area contributed by atoms with Gasteiger partial charge in [-0.2, -0.15) is 4.98 Å². The lowest BCUT2D eigenvalue weighted by Gasteiger charge is -2.17. The van der Waals surface area contributed by atoms with E-state index >= 15 is 0 Å². The number of rotatable bonds is 7. The number of hydrogen-bond donors (Lipinski definition) is 1. The third-order valence-corrected chi connectivity index (χ3v) is 4.32. The molecule has 1 heterocycles. The Hall–Kier alpha value is -2.57. The van der Waals surface area contributed by atoms with Gasteiger partial charge in [-0.1, -0.05) is 47.4 Å². The van der Waals surface area contributed by atoms with Gasteiger partial charge in [-0.05, 0) is 42.8 Å². The number of ether oxygens (including phenoxy) is 1. The van der Waals surface area contributed by atoms with E-state index in [0.29, 0.717) is 33.9 Å². The Morgan fingerprint density at radius 1 is 1.19 bits per heavy atom. The number of aromatic nitrogens is 2.